The predicted octanol–water partition coefficient (Wildman–Crippen LogP) is 4.60. The average Bonchev–Trinajstić information content (AvgIpc) is 3.30. The molecule has 5 rings (SSSR count). The van der Waals surface area contributed by atoms with Gasteiger partial charge in [0.25, 0.3) is 0 Å². The van der Waals surface area contributed by atoms with E-state index in [1.165, 1.54) is 10.7 Å². The molecule has 10 heteroatoms. The highest BCUT2D eigenvalue weighted by Crippen LogP contribution is 2.69. The minimum Gasteiger partial charge on any atom is -0.393 e. The molecule has 4 saturated carbocycles. The molecule has 9 nitrogen and oxygen atoms in total. The van der Waals surface area contributed by atoms with Crippen LogP contribution in [0, 0.1) is 52.3 Å². The molecule has 0 aromatic rings. The van der Waals surface area contributed by atoms with Crippen LogP contribution in [0.15, 0.2) is 0 Å². The highest BCUT2D eigenvalue weighted by atomic mass is 32.2. The van der Waals surface area contributed by atoms with Gasteiger partial charge in [-0.3, -0.25) is 4.90 Å². The zero-order valence-corrected chi connectivity index (χ0v) is 29.3. The maximum atomic E-state index is 12.9. The molecule has 2 amide bonds. The molecule has 254 valence electrons. The second kappa shape index (κ2) is 12.6. The third-order valence-corrected chi connectivity index (χ3v) is 15.3. The Kier molecular flexibility index (Phi) is 9.84. The Balaban J connectivity index is 1.16. The fourth-order valence-electron chi connectivity index (χ4n) is 11.4. The van der Waals surface area contributed by atoms with Crippen molar-refractivity contribution in [3.05, 3.63) is 0 Å². The van der Waals surface area contributed by atoms with E-state index in [0.29, 0.717) is 68.2 Å². The molecule has 0 aromatic heterocycles. The molecular formula is C34H62N4O5S. The van der Waals surface area contributed by atoms with Crippen molar-refractivity contribution in [2.75, 3.05) is 32.7 Å². The van der Waals surface area contributed by atoms with Gasteiger partial charge in [-0.05, 0) is 124 Å². The van der Waals surface area contributed by atoms with Crippen molar-refractivity contribution in [2.45, 2.75) is 124 Å². The maximum absolute atomic E-state index is 12.9. The number of nitrogens with zero attached hydrogens (tertiary/aromatic N) is 2. The fourth-order valence-corrected chi connectivity index (χ4v) is 12.4. The number of carbonyl (C=O) groups is 1. The van der Waals surface area contributed by atoms with Crippen molar-refractivity contribution < 1.29 is 23.4 Å². The van der Waals surface area contributed by atoms with Crippen molar-refractivity contribution >= 4 is 16.2 Å². The number of aliphatic hydroxyl groups excluding tert-OH is 2. The van der Waals surface area contributed by atoms with Gasteiger partial charge in [-0.15, -0.1) is 0 Å². The molecular weight excluding hydrogens is 576 g/mol. The zero-order valence-electron chi connectivity index (χ0n) is 28.5. The van der Waals surface area contributed by atoms with Gasteiger partial charge in [0.1, 0.15) is 0 Å². The average molecular weight is 639 g/mol. The molecule has 1 saturated heterocycles. The van der Waals surface area contributed by atoms with Crippen LogP contribution in [-0.4, -0.2) is 84.3 Å². The van der Waals surface area contributed by atoms with Gasteiger partial charge >= 0.3 is 16.2 Å². The number of urea groups is 1. The summed E-state index contributed by atoms with van der Waals surface area (Å²) in [4.78, 5) is 14.9. The summed E-state index contributed by atoms with van der Waals surface area (Å²) < 4.78 is 29.4. The van der Waals surface area contributed by atoms with Crippen molar-refractivity contribution in [3.63, 3.8) is 0 Å². The number of nitrogens with one attached hydrogen (secondary N) is 2. The SMILES string of the molecule is CC[C@H]1[C@@H](O)[C@@H]2[C@H](CC[C@]3(C)[C@@H]([C@H](C)CCNC(=O)NS(=O)(=O)N4CCN(C(C)(C)C)CC4)CC[C@@H]23)[C@@]2(C)CC[C@@H](O)C[C@@H]12. The van der Waals surface area contributed by atoms with E-state index in [0.717, 1.165) is 51.4 Å². The van der Waals surface area contributed by atoms with Crippen molar-refractivity contribution in [2.24, 2.45) is 52.3 Å². The largest absolute Gasteiger partial charge is 0.393 e. The minimum absolute atomic E-state index is 0.0116. The lowest BCUT2D eigenvalue weighted by Crippen LogP contribution is -2.62. The van der Waals surface area contributed by atoms with Crippen molar-refractivity contribution in [3.8, 4) is 0 Å². The smallest absolute Gasteiger partial charge is 0.329 e. The molecule has 0 aromatic carbocycles. The van der Waals surface area contributed by atoms with Crippen LogP contribution in [-0.2, 0) is 10.2 Å². The Bertz CT molecular complexity index is 1140. The second-order valence-electron chi connectivity index (χ2n) is 16.8. The lowest BCUT2D eigenvalue weighted by Gasteiger charge is -2.64. The number of amides is 2. The molecule has 4 N–H and O–H groups in total. The van der Waals surface area contributed by atoms with Gasteiger partial charge in [-0.1, -0.05) is 34.1 Å². The Morgan fingerprint density at radius 3 is 2.23 bits per heavy atom. The standard InChI is InChI=1S/C34H62N4O5S/c1-8-24-28-21-23(39)11-14-34(28,7)27-12-15-33(6)25(9-10-26(33)29(27)30(24)40)22(2)13-16-35-31(41)36-44(42,43)38-19-17-37(18-20-38)32(3,4)5/h22-30,39-40H,8-21H2,1-7H3,(H2,35,36,41)/t22-,23-,24-,25-,26+,27+,28+,29+,30-,33-,34-/m1/s1. The molecule has 4 aliphatic carbocycles. The normalized spacial score (nSPS) is 42.6. The molecule has 1 heterocycles. The lowest BCUT2D eigenvalue weighted by molar-refractivity contribution is -0.203. The monoisotopic (exact) mass is 638 g/mol. The van der Waals surface area contributed by atoms with E-state index in [4.69, 9.17) is 0 Å². The Labute approximate surface area is 267 Å². The van der Waals surface area contributed by atoms with Gasteiger partial charge in [0.05, 0.1) is 12.2 Å². The van der Waals surface area contributed by atoms with E-state index >= 15 is 0 Å². The molecule has 0 unspecified atom stereocenters. The van der Waals surface area contributed by atoms with Gasteiger partial charge in [0.15, 0.2) is 0 Å². The third kappa shape index (κ3) is 6.20. The van der Waals surface area contributed by atoms with Crippen molar-refractivity contribution in [1.29, 1.82) is 0 Å². The summed E-state index contributed by atoms with van der Waals surface area (Å²) in [7, 11) is -3.88. The first-order valence-corrected chi connectivity index (χ1v) is 19.1. The highest BCUT2D eigenvalue weighted by molar-refractivity contribution is 7.87. The van der Waals surface area contributed by atoms with E-state index in [-0.39, 0.29) is 34.5 Å². The summed E-state index contributed by atoms with van der Waals surface area (Å²) in [6.07, 6.45) is 8.68. The van der Waals surface area contributed by atoms with Crippen LogP contribution >= 0.6 is 0 Å². The van der Waals surface area contributed by atoms with Crippen LogP contribution in [0.5, 0.6) is 0 Å². The number of hydrogen-bond acceptors (Lipinski definition) is 6. The number of fused-ring (bicyclic) bond motifs is 5. The van der Waals surface area contributed by atoms with Crippen LogP contribution in [0.25, 0.3) is 0 Å². The van der Waals surface area contributed by atoms with Gasteiger partial charge in [0.2, 0.25) is 0 Å². The molecule has 0 radical (unpaired) electrons. The number of carbonyl (C=O) groups excluding carboxylic acids is 1. The van der Waals surface area contributed by atoms with Gasteiger partial charge in [-0.2, -0.15) is 12.7 Å². The Morgan fingerprint density at radius 1 is 0.955 bits per heavy atom. The maximum Gasteiger partial charge on any atom is 0.329 e. The van der Waals surface area contributed by atoms with Gasteiger partial charge < -0.3 is 15.5 Å². The number of aliphatic hydroxyl groups is 2. The third-order valence-electron chi connectivity index (χ3n) is 13.8. The summed E-state index contributed by atoms with van der Waals surface area (Å²) in [5.41, 5.74) is 0.354. The molecule has 0 spiro atoms. The van der Waals surface area contributed by atoms with E-state index in [1.54, 1.807) is 0 Å². The first-order valence-electron chi connectivity index (χ1n) is 17.7. The van der Waals surface area contributed by atoms with Crippen molar-refractivity contribution in [1.82, 2.24) is 19.2 Å². The Hall–Kier alpha value is -0.940. The molecule has 5 fully saturated rings. The fraction of sp³-hybridized carbons (Fsp3) is 0.971. The van der Waals surface area contributed by atoms with E-state index in [1.807, 2.05) is 0 Å². The summed E-state index contributed by atoms with van der Waals surface area (Å²) in [6, 6.07) is -0.650. The molecule has 1 aliphatic heterocycles. The molecule has 0 bridgehead atoms. The first kappa shape index (κ1) is 34.4. The quantitative estimate of drug-likeness (QED) is 0.324. The van der Waals surface area contributed by atoms with Crippen LogP contribution in [0.1, 0.15) is 106 Å². The number of hydrogen-bond donors (Lipinski definition) is 4. The zero-order chi connectivity index (χ0) is 32.2. The van der Waals surface area contributed by atoms with Crippen LogP contribution in [0.3, 0.4) is 0 Å². The van der Waals surface area contributed by atoms with E-state index < -0.39 is 16.2 Å². The Morgan fingerprint density at radius 2 is 1.59 bits per heavy atom. The summed E-state index contributed by atoms with van der Waals surface area (Å²) in [6.45, 7) is 18.3. The molecule has 11 atom stereocenters. The number of piperazine rings is 1. The summed E-state index contributed by atoms with van der Waals surface area (Å²) in [5.74, 6) is 2.92. The van der Waals surface area contributed by atoms with E-state index in [9.17, 15) is 23.4 Å². The summed E-state index contributed by atoms with van der Waals surface area (Å²) in [5, 5.41) is 25.3. The van der Waals surface area contributed by atoms with Gasteiger partial charge in [-0.25, -0.2) is 9.52 Å². The van der Waals surface area contributed by atoms with Gasteiger partial charge in [0, 0.05) is 38.3 Å². The minimum atomic E-state index is -3.88. The lowest BCUT2D eigenvalue weighted by atomic mass is 9.41. The molecule has 5 aliphatic rings. The summed E-state index contributed by atoms with van der Waals surface area (Å²) >= 11 is 0. The molecule has 44 heavy (non-hydrogen) atoms. The predicted molar refractivity (Wildman–Crippen MR) is 174 cm³/mol. The topological polar surface area (TPSA) is 122 Å². The van der Waals surface area contributed by atoms with Crippen LogP contribution < -0.4 is 10.0 Å². The van der Waals surface area contributed by atoms with E-state index in [2.05, 4.69) is 63.4 Å². The van der Waals surface area contributed by atoms with Crippen LogP contribution in [0.2, 0.25) is 0 Å². The van der Waals surface area contributed by atoms with Crippen LogP contribution in [0.4, 0.5) is 4.79 Å². The first-order chi connectivity index (χ1) is 20.5. The number of rotatable bonds is 7. The second-order valence-corrected chi connectivity index (χ2v) is 18.5. The highest BCUT2D eigenvalue weighted by Gasteiger charge is 2.64.